The Bertz CT molecular complexity index is 444. The summed E-state index contributed by atoms with van der Waals surface area (Å²) in [5.41, 5.74) is 0.266. The molecule has 0 fully saturated rings. The van der Waals surface area contributed by atoms with Crippen molar-refractivity contribution in [1.29, 1.82) is 0 Å². The van der Waals surface area contributed by atoms with Crippen LogP contribution in [0.4, 0.5) is 0 Å². The van der Waals surface area contributed by atoms with Crippen molar-refractivity contribution in [2.45, 2.75) is 30.9 Å². The molecule has 0 bridgehead atoms. The number of nitrogens with one attached hydrogen (secondary N) is 2. The molecule has 1 heterocycles. The third-order valence-corrected chi connectivity index (χ3v) is 3.91. The summed E-state index contributed by atoms with van der Waals surface area (Å²) in [5.74, 6) is 0. The topological polar surface area (TPSA) is 104 Å². The number of aromatic nitrogens is 2. The van der Waals surface area contributed by atoms with Crippen molar-refractivity contribution >= 4 is 10.0 Å². The van der Waals surface area contributed by atoms with E-state index < -0.39 is 10.0 Å². The van der Waals surface area contributed by atoms with Gasteiger partial charge in [0.2, 0.25) is 0 Å². The molecule has 3 N–H and O–H groups in total. The number of aromatic amines is 1. The molecule has 0 aliphatic rings. The first kappa shape index (κ1) is 15.1. The van der Waals surface area contributed by atoms with Gasteiger partial charge in [-0.2, -0.15) is 5.10 Å². The summed E-state index contributed by atoms with van der Waals surface area (Å²) in [6, 6.07) is 0. The van der Waals surface area contributed by atoms with Gasteiger partial charge in [0.05, 0.1) is 12.8 Å². The van der Waals surface area contributed by atoms with E-state index in [1.807, 2.05) is 0 Å². The highest BCUT2D eigenvalue weighted by Gasteiger charge is 2.19. The largest absolute Gasteiger partial charge is 0.392 e. The van der Waals surface area contributed by atoms with Crippen molar-refractivity contribution in [1.82, 2.24) is 14.9 Å². The molecular formula is C10H19N3O4S. The lowest BCUT2D eigenvalue weighted by atomic mass is 10.2. The summed E-state index contributed by atoms with van der Waals surface area (Å²) in [6.45, 7) is 0.679. The van der Waals surface area contributed by atoms with E-state index >= 15 is 0 Å². The van der Waals surface area contributed by atoms with Crippen LogP contribution < -0.4 is 4.72 Å². The number of aliphatic hydroxyl groups excluding tert-OH is 1. The molecule has 0 amide bonds. The Morgan fingerprint density at radius 3 is 2.89 bits per heavy atom. The van der Waals surface area contributed by atoms with Gasteiger partial charge in [0.15, 0.2) is 5.03 Å². The fourth-order valence-corrected chi connectivity index (χ4v) is 2.66. The van der Waals surface area contributed by atoms with Gasteiger partial charge in [-0.1, -0.05) is 0 Å². The smallest absolute Gasteiger partial charge is 0.257 e. The number of methoxy groups -OCH3 is 1. The van der Waals surface area contributed by atoms with Gasteiger partial charge in [-0.25, -0.2) is 13.1 Å². The van der Waals surface area contributed by atoms with Gasteiger partial charge in [0.25, 0.3) is 10.0 Å². The molecule has 0 atom stereocenters. The third kappa shape index (κ3) is 4.37. The first-order valence-corrected chi connectivity index (χ1v) is 7.22. The van der Waals surface area contributed by atoms with E-state index in [1.54, 1.807) is 7.11 Å². The first-order chi connectivity index (χ1) is 8.61. The number of nitrogens with zero attached hydrogens (tertiary/aromatic N) is 1. The fourth-order valence-electron chi connectivity index (χ4n) is 1.47. The van der Waals surface area contributed by atoms with Gasteiger partial charge >= 0.3 is 0 Å². The Morgan fingerprint density at radius 2 is 2.22 bits per heavy atom. The zero-order chi connectivity index (χ0) is 13.4. The van der Waals surface area contributed by atoms with Crippen LogP contribution >= 0.6 is 0 Å². The van der Waals surface area contributed by atoms with Gasteiger partial charge in [0, 0.05) is 25.8 Å². The quantitative estimate of drug-likeness (QED) is 0.551. The van der Waals surface area contributed by atoms with E-state index in [0.717, 1.165) is 19.3 Å². The average molecular weight is 277 g/mol. The van der Waals surface area contributed by atoms with E-state index in [2.05, 4.69) is 14.9 Å². The van der Waals surface area contributed by atoms with Gasteiger partial charge < -0.3 is 9.84 Å². The minimum atomic E-state index is -3.61. The number of ether oxygens (including phenoxy) is 1. The number of hydrogen-bond acceptors (Lipinski definition) is 5. The molecule has 1 aromatic heterocycles. The van der Waals surface area contributed by atoms with E-state index in [9.17, 15) is 8.42 Å². The SMILES string of the molecule is COCCCCCNS(=O)(=O)c1[nH]ncc1CO. The lowest BCUT2D eigenvalue weighted by Gasteiger charge is -2.06. The molecule has 0 spiro atoms. The van der Waals surface area contributed by atoms with Crippen molar-refractivity contribution in [3.63, 3.8) is 0 Å². The Balaban J connectivity index is 2.41. The average Bonchev–Trinajstić information content (AvgIpc) is 2.82. The van der Waals surface area contributed by atoms with Gasteiger partial charge in [-0.15, -0.1) is 0 Å². The number of unbranched alkanes of at least 4 members (excludes halogenated alkanes) is 2. The van der Waals surface area contributed by atoms with Crippen LogP contribution in [0.3, 0.4) is 0 Å². The number of rotatable bonds is 9. The molecule has 0 aliphatic carbocycles. The van der Waals surface area contributed by atoms with Crippen molar-refractivity contribution < 1.29 is 18.3 Å². The van der Waals surface area contributed by atoms with E-state index in [1.165, 1.54) is 6.20 Å². The third-order valence-electron chi connectivity index (χ3n) is 2.43. The first-order valence-electron chi connectivity index (χ1n) is 5.73. The maximum absolute atomic E-state index is 11.8. The number of aliphatic hydroxyl groups is 1. The highest BCUT2D eigenvalue weighted by atomic mass is 32.2. The van der Waals surface area contributed by atoms with Crippen LogP contribution in [0.15, 0.2) is 11.2 Å². The second-order valence-corrected chi connectivity index (χ2v) is 5.54. The number of hydrogen-bond donors (Lipinski definition) is 3. The fraction of sp³-hybridized carbons (Fsp3) is 0.700. The van der Waals surface area contributed by atoms with Gasteiger partial charge in [0.1, 0.15) is 0 Å². The predicted molar refractivity (Wildman–Crippen MR) is 65.4 cm³/mol. The molecule has 0 saturated carbocycles. The molecule has 7 nitrogen and oxygen atoms in total. The molecule has 18 heavy (non-hydrogen) atoms. The molecule has 104 valence electrons. The highest BCUT2D eigenvalue weighted by Crippen LogP contribution is 2.11. The minimum Gasteiger partial charge on any atom is -0.392 e. The summed E-state index contributed by atoms with van der Waals surface area (Å²) in [6.07, 6.45) is 3.84. The Morgan fingerprint density at radius 1 is 1.44 bits per heavy atom. The summed E-state index contributed by atoms with van der Waals surface area (Å²) >= 11 is 0. The summed E-state index contributed by atoms with van der Waals surface area (Å²) in [5, 5.41) is 14.9. The molecule has 1 aromatic rings. The Labute approximate surface area is 107 Å². The molecule has 0 aliphatic heterocycles. The molecule has 0 aromatic carbocycles. The summed E-state index contributed by atoms with van der Waals surface area (Å²) in [4.78, 5) is 0. The molecule has 8 heteroatoms. The maximum Gasteiger partial charge on any atom is 0.257 e. The van der Waals surface area contributed by atoms with E-state index in [4.69, 9.17) is 9.84 Å². The van der Waals surface area contributed by atoms with Crippen LogP contribution in [0.25, 0.3) is 0 Å². The number of H-pyrrole nitrogens is 1. The highest BCUT2D eigenvalue weighted by molar-refractivity contribution is 7.89. The van der Waals surface area contributed by atoms with Crippen molar-refractivity contribution in [3.05, 3.63) is 11.8 Å². The van der Waals surface area contributed by atoms with Gasteiger partial charge in [-0.3, -0.25) is 5.10 Å². The van der Waals surface area contributed by atoms with Crippen LogP contribution in [-0.2, 0) is 21.4 Å². The van der Waals surface area contributed by atoms with Crippen molar-refractivity contribution in [3.8, 4) is 0 Å². The predicted octanol–water partition coefficient (Wildman–Crippen LogP) is -0.00300. The second kappa shape index (κ2) is 7.47. The lowest BCUT2D eigenvalue weighted by molar-refractivity contribution is 0.192. The number of sulfonamides is 1. The van der Waals surface area contributed by atoms with Gasteiger partial charge in [-0.05, 0) is 19.3 Å². The summed E-state index contributed by atoms with van der Waals surface area (Å²) in [7, 11) is -1.98. The van der Waals surface area contributed by atoms with Crippen LogP contribution in [0.5, 0.6) is 0 Å². The minimum absolute atomic E-state index is 0.0677. The maximum atomic E-state index is 11.8. The molecular weight excluding hydrogens is 258 g/mol. The van der Waals surface area contributed by atoms with E-state index in [-0.39, 0.29) is 17.2 Å². The normalized spacial score (nSPS) is 11.9. The Kier molecular flexibility index (Phi) is 6.27. The van der Waals surface area contributed by atoms with E-state index in [0.29, 0.717) is 13.2 Å². The van der Waals surface area contributed by atoms with Crippen LogP contribution in [0.1, 0.15) is 24.8 Å². The van der Waals surface area contributed by atoms with Crippen LogP contribution in [0.2, 0.25) is 0 Å². The molecule has 0 saturated heterocycles. The molecule has 0 radical (unpaired) electrons. The van der Waals surface area contributed by atoms with Crippen molar-refractivity contribution in [2.75, 3.05) is 20.3 Å². The summed E-state index contributed by atoms with van der Waals surface area (Å²) < 4.78 is 31.0. The molecule has 0 unspecified atom stereocenters. The van der Waals surface area contributed by atoms with Crippen molar-refractivity contribution in [2.24, 2.45) is 0 Å². The standard InChI is InChI=1S/C10H19N3O4S/c1-17-6-4-2-3-5-12-18(15,16)10-9(8-14)7-11-13-10/h7,12,14H,2-6,8H2,1H3,(H,11,13). The van der Waals surface area contributed by atoms with Crippen LogP contribution in [-0.4, -0.2) is 44.0 Å². The molecule has 1 rings (SSSR count). The zero-order valence-corrected chi connectivity index (χ0v) is 11.2. The zero-order valence-electron chi connectivity index (χ0n) is 10.3. The lowest BCUT2D eigenvalue weighted by Crippen LogP contribution is -2.26. The Hall–Kier alpha value is -0.960. The monoisotopic (exact) mass is 277 g/mol. The van der Waals surface area contributed by atoms with Crippen LogP contribution in [0, 0.1) is 0 Å². The second-order valence-electron chi connectivity index (χ2n) is 3.83.